The van der Waals surface area contributed by atoms with E-state index >= 15 is 0 Å². The van der Waals surface area contributed by atoms with E-state index in [0.29, 0.717) is 24.5 Å². The van der Waals surface area contributed by atoms with Crippen molar-refractivity contribution in [2.45, 2.75) is 37.5 Å². The average molecular weight is 615 g/mol. The van der Waals surface area contributed by atoms with Gasteiger partial charge in [-0.3, -0.25) is 9.69 Å². The van der Waals surface area contributed by atoms with Gasteiger partial charge in [0.2, 0.25) is 5.91 Å². The number of nitrogens with zero attached hydrogens (tertiary/aromatic N) is 3. The molecule has 0 bridgehead atoms. The van der Waals surface area contributed by atoms with Crippen LogP contribution in [0.1, 0.15) is 32.6 Å². The molecule has 0 aliphatic carbocycles. The lowest BCUT2D eigenvalue weighted by atomic mass is 10.1. The molecule has 226 valence electrons. The smallest absolute Gasteiger partial charge is 0.409 e. The number of hydrogen-bond donors (Lipinski definition) is 1. The SMILES string of the molecule is CCCNC(=O)CN(CCN(C)C(=O)OCCN1CCCCC1)S(=O)c1cc(F)c(Oc2ccc(Cl)cc2)c(F)c1. The van der Waals surface area contributed by atoms with Crippen LogP contribution in [-0.2, 0) is 20.5 Å². The summed E-state index contributed by atoms with van der Waals surface area (Å²) in [5.74, 6) is -3.02. The maximum atomic E-state index is 14.9. The van der Waals surface area contributed by atoms with E-state index in [1.165, 1.54) is 46.9 Å². The molecule has 1 saturated heterocycles. The molecule has 0 radical (unpaired) electrons. The number of hydrogen-bond acceptors (Lipinski definition) is 6. The summed E-state index contributed by atoms with van der Waals surface area (Å²) in [4.78, 5) is 28.3. The van der Waals surface area contributed by atoms with Gasteiger partial charge in [-0.1, -0.05) is 24.9 Å². The minimum atomic E-state index is -2.13. The Bertz CT molecular complexity index is 1160. The third kappa shape index (κ3) is 10.5. The second kappa shape index (κ2) is 16.6. The number of benzene rings is 2. The molecule has 2 aromatic carbocycles. The van der Waals surface area contributed by atoms with Crippen LogP contribution < -0.4 is 10.1 Å². The summed E-state index contributed by atoms with van der Waals surface area (Å²) < 4.78 is 55.2. The first-order valence-electron chi connectivity index (χ1n) is 13.6. The summed E-state index contributed by atoms with van der Waals surface area (Å²) in [5, 5.41) is 3.13. The first-order valence-corrected chi connectivity index (χ1v) is 15.1. The highest BCUT2D eigenvalue weighted by Gasteiger charge is 2.24. The van der Waals surface area contributed by atoms with Gasteiger partial charge in [-0.15, -0.1) is 0 Å². The lowest BCUT2D eigenvalue weighted by Crippen LogP contribution is -2.43. The van der Waals surface area contributed by atoms with Crippen molar-refractivity contribution in [1.29, 1.82) is 0 Å². The molecule has 1 atom stereocenters. The Hall–Kier alpha value is -2.80. The summed E-state index contributed by atoms with van der Waals surface area (Å²) in [6.45, 7) is 4.94. The van der Waals surface area contributed by atoms with Crippen molar-refractivity contribution in [3.63, 3.8) is 0 Å². The van der Waals surface area contributed by atoms with E-state index in [4.69, 9.17) is 21.1 Å². The van der Waals surface area contributed by atoms with Gasteiger partial charge >= 0.3 is 6.09 Å². The third-order valence-electron chi connectivity index (χ3n) is 6.41. The number of ether oxygens (including phenoxy) is 2. The van der Waals surface area contributed by atoms with Crippen LogP contribution in [0, 0.1) is 11.6 Å². The van der Waals surface area contributed by atoms with Gasteiger partial charge in [-0.25, -0.2) is 22.1 Å². The first-order chi connectivity index (χ1) is 19.7. The fourth-order valence-electron chi connectivity index (χ4n) is 4.11. The van der Waals surface area contributed by atoms with Crippen molar-refractivity contribution in [1.82, 2.24) is 19.4 Å². The zero-order chi connectivity index (χ0) is 29.8. The van der Waals surface area contributed by atoms with E-state index in [9.17, 15) is 22.6 Å². The van der Waals surface area contributed by atoms with E-state index in [-0.39, 0.29) is 36.9 Å². The highest BCUT2D eigenvalue weighted by Crippen LogP contribution is 2.30. The maximum absolute atomic E-state index is 14.9. The first kappa shape index (κ1) is 32.7. The van der Waals surface area contributed by atoms with Crippen LogP contribution >= 0.6 is 11.6 Å². The van der Waals surface area contributed by atoms with Crippen molar-refractivity contribution in [3.8, 4) is 11.5 Å². The van der Waals surface area contributed by atoms with Crippen LogP contribution in [0.25, 0.3) is 0 Å². The number of likely N-dealkylation sites (tertiary alicyclic amines) is 1. The van der Waals surface area contributed by atoms with Crippen molar-refractivity contribution >= 4 is 34.6 Å². The Morgan fingerprint density at radius 2 is 1.73 bits per heavy atom. The van der Waals surface area contributed by atoms with E-state index in [2.05, 4.69) is 10.2 Å². The fraction of sp³-hybridized carbons (Fsp3) is 0.500. The molecule has 13 heteroatoms. The molecule has 2 aromatic rings. The second-order valence-corrected chi connectivity index (χ2v) is 11.6. The third-order valence-corrected chi connectivity index (χ3v) is 8.08. The van der Waals surface area contributed by atoms with Gasteiger partial charge in [0.25, 0.3) is 0 Å². The monoisotopic (exact) mass is 614 g/mol. The standard InChI is InChI=1S/C28H37ClF2N4O5S/c1-3-11-32-26(36)20-35(15-14-33(2)28(37)39-17-16-34-12-5-4-6-13-34)41(38)23-18-24(30)27(25(31)19-23)40-22-9-7-21(29)8-10-22/h7-10,18-19H,3-6,11-17,20H2,1-2H3,(H,32,36). The Balaban J connectivity index is 1.65. The van der Waals surface area contributed by atoms with Gasteiger partial charge in [0, 0.05) is 38.2 Å². The number of likely N-dealkylation sites (N-methyl/N-ethyl adjacent to an activating group) is 1. The topological polar surface area (TPSA) is 91.4 Å². The number of halogens is 3. The van der Waals surface area contributed by atoms with Gasteiger partial charge in [0.05, 0.1) is 11.4 Å². The molecular weight excluding hydrogens is 578 g/mol. The summed E-state index contributed by atoms with van der Waals surface area (Å²) in [5.41, 5.74) is 0. The molecule has 9 nitrogen and oxygen atoms in total. The van der Waals surface area contributed by atoms with Crippen LogP contribution in [0.5, 0.6) is 11.5 Å². The molecule has 2 amide bonds. The Labute approximate surface area is 247 Å². The van der Waals surface area contributed by atoms with Crippen molar-refractivity contribution in [2.75, 3.05) is 59.5 Å². The molecule has 0 saturated carbocycles. The van der Waals surface area contributed by atoms with Crippen LogP contribution in [0.3, 0.4) is 0 Å². The van der Waals surface area contributed by atoms with Crippen LogP contribution in [0.15, 0.2) is 41.3 Å². The predicted octanol–water partition coefficient (Wildman–Crippen LogP) is 4.82. The van der Waals surface area contributed by atoms with E-state index < -0.39 is 40.4 Å². The summed E-state index contributed by atoms with van der Waals surface area (Å²) in [7, 11) is -0.599. The van der Waals surface area contributed by atoms with Crippen LogP contribution in [0.2, 0.25) is 5.02 Å². The summed E-state index contributed by atoms with van der Waals surface area (Å²) in [6, 6.07) is 7.75. The Morgan fingerprint density at radius 3 is 2.37 bits per heavy atom. The average Bonchev–Trinajstić information content (AvgIpc) is 2.96. The van der Waals surface area contributed by atoms with Gasteiger partial charge in [0.1, 0.15) is 23.3 Å². The van der Waals surface area contributed by atoms with E-state index in [0.717, 1.165) is 38.1 Å². The van der Waals surface area contributed by atoms with E-state index in [1.807, 2.05) is 6.92 Å². The van der Waals surface area contributed by atoms with Gasteiger partial charge in [-0.05, 0) is 68.8 Å². The number of rotatable bonds is 14. The minimum Gasteiger partial charge on any atom is -0.451 e. The van der Waals surface area contributed by atoms with Gasteiger partial charge < -0.3 is 19.7 Å². The van der Waals surface area contributed by atoms with Gasteiger partial charge in [-0.2, -0.15) is 0 Å². The Morgan fingerprint density at radius 1 is 1.07 bits per heavy atom. The van der Waals surface area contributed by atoms with Crippen molar-refractivity contribution in [3.05, 3.63) is 53.1 Å². The lowest BCUT2D eigenvalue weighted by molar-refractivity contribution is -0.121. The molecule has 1 heterocycles. The number of carbonyl (C=O) groups excluding carboxylic acids is 2. The molecule has 1 unspecified atom stereocenters. The minimum absolute atomic E-state index is 0.0177. The molecular formula is C28H37ClF2N4O5S. The number of nitrogens with one attached hydrogen (secondary N) is 1. The highest BCUT2D eigenvalue weighted by atomic mass is 35.5. The second-order valence-electron chi connectivity index (χ2n) is 9.67. The maximum Gasteiger partial charge on any atom is 0.409 e. The molecule has 1 N–H and O–H groups in total. The number of piperidine rings is 1. The van der Waals surface area contributed by atoms with Crippen LogP contribution in [-0.4, -0.2) is 89.8 Å². The quantitative estimate of drug-likeness (QED) is 0.328. The molecule has 3 rings (SSSR count). The normalized spacial score (nSPS) is 14.5. The van der Waals surface area contributed by atoms with Crippen LogP contribution in [0.4, 0.5) is 13.6 Å². The number of amides is 2. The van der Waals surface area contributed by atoms with Crippen molar-refractivity contribution in [2.24, 2.45) is 0 Å². The van der Waals surface area contributed by atoms with Crippen molar-refractivity contribution < 1.29 is 32.1 Å². The molecule has 1 aliphatic rings. The predicted molar refractivity (Wildman–Crippen MR) is 153 cm³/mol. The summed E-state index contributed by atoms with van der Waals surface area (Å²) in [6.07, 6.45) is 3.64. The lowest BCUT2D eigenvalue weighted by Gasteiger charge is -2.27. The summed E-state index contributed by atoms with van der Waals surface area (Å²) >= 11 is 5.84. The number of carbonyl (C=O) groups is 2. The zero-order valence-corrected chi connectivity index (χ0v) is 24.9. The fourth-order valence-corrected chi connectivity index (χ4v) is 5.43. The zero-order valence-electron chi connectivity index (χ0n) is 23.4. The largest absolute Gasteiger partial charge is 0.451 e. The molecule has 1 fully saturated rings. The van der Waals surface area contributed by atoms with Gasteiger partial charge in [0.15, 0.2) is 17.4 Å². The molecule has 0 aromatic heterocycles. The van der Waals surface area contributed by atoms with E-state index in [1.54, 1.807) is 0 Å². The molecule has 0 spiro atoms. The Kier molecular flexibility index (Phi) is 13.2. The molecule has 41 heavy (non-hydrogen) atoms. The molecule has 1 aliphatic heterocycles. The highest BCUT2D eigenvalue weighted by molar-refractivity contribution is 7.82.